The molecule has 126 valence electrons. The molecule has 1 aliphatic heterocycles. The van der Waals surface area contributed by atoms with Crippen molar-refractivity contribution in [3.8, 4) is 0 Å². The van der Waals surface area contributed by atoms with E-state index in [0.717, 1.165) is 0 Å². The Hall–Kier alpha value is -2.44. The third kappa shape index (κ3) is 5.05. The van der Waals surface area contributed by atoms with E-state index in [0.29, 0.717) is 37.6 Å². The molecule has 1 heterocycles. The summed E-state index contributed by atoms with van der Waals surface area (Å²) < 4.78 is 5.34. The standard InChI is InChI=1S/C16H24N4O3/c1-16(2,3)23-15(22)20-9-7-19(8-10-20)14(21)18-13-6-4-5-12(17)11-13/h4-6,11H,7-10,17H2,1-3H3,(H,18,21). The van der Waals surface area contributed by atoms with Crippen LogP contribution in [-0.2, 0) is 4.74 Å². The molecule has 2 rings (SSSR count). The predicted octanol–water partition coefficient (Wildman–Crippen LogP) is 2.35. The lowest BCUT2D eigenvalue weighted by Gasteiger charge is -2.35. The molecule has 23 heavy (non-hydrogen) atoms. The Kier molecular flexibility index (Phi) is 4.98. The molecule has 0 radical (unpaired) electrons. The van der Waals surface area contributed by atoms with E-state index in [1.165, 1.54) is 0 Å². The van der Waals surface area contributed by atoms with Crippen LogP contribution in [0.2, 0.25) is 0 Å². The van der Waals surface area contributed by atoms with Crippen molar-refractivity contribution in [2.45, 2.75) is 26.4 Å². The highest BCUT2D eigenvalue weighted by Gasteiger charge is 2.27. The van der Waals surface area contributed by atoms with Gasteiger partial charge in [-0.05, 0) is 39.0 Å². The van der Waals surface area contributed by atoms with Crippen molar-refractivity contribution in [2.75, 3.05) is 37.2 Å². The molecule has 0 atom stereocenters. The summed E-state index contributed by atoms with van der Waals surface area (Å²) in [6.07, 6.45) is -0.339. The molecule has 1 aromatic rings. The number of rotatable bonds is 1. The molecule has 0 aromatic heterocycles. The molecule has 3 amide bonds. The monoisotopic (exact) mass is 320 g/mol. The van der Waals surface area contributed by atoms with Crippen molar-refractivity contribution in [3.05, 3.63) is 24.3 Å². The fraction of sp³-hybridized carbons (Fsp3) is 0.500. The fourth-order valence-electron chi connectivity index (χ4n) is 2.24. The maximum atomic E-state index is 12.2. The highest BCUT2D eigenvalue weighted by Crippen LogP contribution is 2.14. The van der Waals surface area contributed by atoms with E-state index in [1.54, 1.807) is 34.1 Å². The van der Waals surface area contributed by atoms with Crippen LogP contribution in [-0.4, -0.2) is 53.7 Å². The van der Waals surface area contributed by atoms with Gasteiger partial charge in [-0.3, -0.25) is 0 Å². The van der Waals surface area contributed by atoms with E-state index in [2.05, 4.69) is 5.32 Å². The molecule has 0 spiro atoms. The molecule has 1 aliphatic rings. The summed E-state index contributed by atoms with van der Waals surface area (Å²) in [7, 11) is 0. The van der Waals surface area contributed by atoms with Gasteiger partial charge in [0.15, 0.2) is 0 Å². The second kappa shape index (κ2) is 6.76. The zero-order valence-electron chi connectivity index (χ0n) is 13.8. The minimum atomic E-state index is -0.515. The molecule has 0 bridgehead atoms. The molecule has 0 unspecified atom stereocenters. The maximum Gasteiger partial charge on any atom is 0.410 e. The molecular weight excluding hydrogens is 296 g/mol. The summed E-state index contributed by atoms with van der Waals surface area (Å²) in [5, 5.41) is 2.81. The Morgan fingerprint density at radius 2 is 1.74 bits per heavy atom. The minimum Gasteiger partial charge on any atom is -0.444 e. The van der Waals surface area contributed by atoms with Crippen molar-refractivity contribution in [1.29, 1.82) is 0 Å². The number of ether oxygens (including phenoxy) is 1. The summed E-state index contributed by atoms with van der Waals surface area (Å²) in [5.41, 5.74) is 6.43. The number of hydrogen-bond donors (Lipinski definition) is 2. The molecule has 0 aliphatic carbocycles. The van der Waals surface area contributed by atoms with E-state index in [-0.39, 0.29) is 12.1 Å². The van der Waals surface area contributed by atoms with E-state index >= 15 is 0 Å². The summed E-state index contributed by atoms with van der Waals surface area (Å²) in [6, 6.07) is 6.83. The van der Waals surface area contributed by atoms with Crippen molar-refractivity contribution in [1.82, 2.24) is 9.80 Å². The zero-order chi connectivity index (χ0) is 17.0. The Morgan fingerprint density at radius 3 is 2.30 bits per heavy atom. The first-order valence-corrected chi connectivity index (χ1v) is 7.64. The Morgan fingerprint density at radius 1 is 1.13 bits per heavy atom. The average molecular weight is 320 g/mol. The van der Waals surface area contributed by atoms with Crippen LogP contribution < -0.4 is 11.1 Å². The number of amides is 3. The first-order chi connectivity index (χ1) is 10.7. The smallest absolute Gasteiger partial charge is 0.410 e. The summed E-state index contributed by atoms with van der Waals surface area (Å²) in [6.45, 7) is 7.35. The molecule has 7 heteroatoms. The highest BCUT2D eigenvalue weighted by atomic mass is 16.6. The number of nitrogens with two attached hydrogens (primary N) is 1. The van der Waals surface area contributed by atoms with E-state index in [1.807, 2.05) is 20.8 Å². The predicted molar refractivity (Wildman–Crippen MR) is 89.3 cm³/mol. The highest BCUT2D eigenvalue weighted by molar-refractivity contribution is 5.90. The van der Waals surface area contributed by atoms with Crippen LogP contribution in [0.5, 0.6) is 0 Å². The van der Waals surface area contributed by atoms with Gasteiger partial charge in [0.05, 0.1) is 0 Å². The van der Waals surface area contributed by atoms with Gasteiger partial charge in [0, 0.05) is 37.6 Å². The second-order valence-electron chi connectivity index (χ2n) is 6.51. The van der Waals surface area contributed by atoms with Gasteiger partial charge < -0.3 is 25.6 Å². The number of nitrogens with zero attached hydrogens (tertiary/aromatic N) is 2. The summed E-state index contributed by atoms with van der Waals surface area (Å²) in [5.74, 6) is 0. The van der Waals surface area contributed by atoms with Gasteiger partial charge in [-0.1, -0.05) is 6.07 Å². The molecule has 1 aromatic carbocycles. The lowest BCUT2D eigenvalue weighted by Crippen LogP contribution is -2.52. The zero-order valence-corrected chi connectivity index (χ0v) is 13.8. The number of nitrogens with one attached hydrogen (secondary N) is 1. The number of piperazine rings is 1. The number of hydrogen-bond acceptors (Lipinski definition) is 4. The number of anilines is 2. The summed E-state index contributed by atoms with van der Waals surface area (Å²) >= 11 is 0. The molecule has 1 fully saturated rings. The number of urea groups is 1. The van der Waals surface area contributed by atoms with Crippen LogP contribution in [0.15, 0.2) is 24.3 Å². The Bertz CT molecular complexity index is 575. The number of nitrogen functional groups attached to an aromatic ring is 1. The minimum absolute atomic E-state index is 0.195. The van der Waals surface area contributed by atoms with E-state index < -0.39 is 5.60 Å². The van der Waals surface area contributed by atoms with Crippen LogP contribution >= 0.6 is 0 Å². The van der Waals surface area contributed by atoms with Gasteiger partial charge in [0.25, 0.3) is 0 Å². The molecule has 0 saturated carbocycles. The quantitative estimate of drug-likeness (QED) is 0.778. The third-order valence-electron chi connectivity index (χ3n) is 3.36. The largest absolute Gasteiger partial charge is 0.444 e. The summed E-state index contributed by atoms with van der Waals surface area (Å²) in [4.78, 5) is 27.5. The van der Waals surface area contributed by atoms with Crippen molar-refractivity contribution in [3.63, 3.8) is 0 Å². The number of benzene rings is 1. The number of carbonyl (C=O) groups is 2. The lowest BCUT2D eigenvalue weighted by molar-refractivity contribution is 0.0174. The van der Waals surface area contributed by atoms with Gasteiger partial charge in [-0.2, -0.15) is 0 Å². The lowest BCUT2D eigenvalue weighted by atomic mass is 10.2. The molecule has 7 nitrogen and oxygen atoms in total. The second-order valence-corrected chi connectivity index (χ2v) is 6.51. The van der Waals surface area contributed by atoms with Gasteiger partial charge in [0.1, 0.15) is 5.60 Å². The van der Waals surface area contributed by atoms with Gasteiger partial charge in [-0.25, -0.2) is 9.59 Å². The molecule has 1 saturated heterocycles. The SMILES string of the molecule is CC(C)(C)OC(=O)N1CCN(C(=O)Nc2cccc(N)c2)CC1. The van der Waals surface area contributed by atoms with Crippen molar-refractivity contribution in [2.24, 2.45) is 0 Å². The molecular formula is C16H24N4O3. The van der Waals surface area contributed by atoms with Crippen LogP contribution in [0.3, 0.4) is 0 Å². The normalized spacial score (nSPS) is 15.3. The van der Waals surface area contributed by atoms with E-state index in [4.69, 9.17) is 10.5 Å². The van der Waals surface area contributed by atoms with Crippen LogP contribution in [0, 0.1) is 0 Å². The Labute approximate surface area is 136 Å². The van der Waals surface area contributed by atoms with E-state index in [9.17, 15) is 9.59 Å². The first kappa shape index (κ1) is 16.9. The van der Waals surface area contributed by atoms with Crippen molar-refractivity contribution < 1.29 is 14.3 Å². The number of carbonyl (C=O) groups excluding carboxylic acids is 2. The van der Waals surface area contributed by atoms with Crippen LogP contribution in [0.4, 0.5) is 21.0 Å². The Balaban J connectivity index is 1.84. The van der Waals surface area contributed by atoms with Crippen molar-refractivity contribution >= 4 is 23.5 Å². The topological polar surface area (TPSA) is 87.9 Å². The maximum absolute atomic E-state index is 12.2. The molecule has 3 N–H and O–H groups in total. The fourth-order valence-corrected chi connectivity index (χ4v) is 2.24. The van der Waals surface area contributed by atoms with Crippen LogP contribution in [0.1, 0.15) is 20.8 Å². The van der Waals surface area contributed by atoms with Crippen LogP contribution in [0.25, 0.3) is 0 Å². The van der Waals surface area contributed by atoms with Gasteiger partial charge in [0.2, 0.25) is 0 Å². The first-order valence-electron chi connectivity index (χ1n) is 7.64. The van der Waals surface area contributed by atoms with Gasteiger partial charge >= 0.3 is 12.1 Å². The third-order valence-corrected chi connectivity index (χ3v) is 3.36. The van der Waals surface area contributed by atoms with Gasteiger partial charge in [-0.15, -0.1) is 0 Å². The average Bonchev–Trinajstić information content (AvgIpc) is 2.45.